The molecule has 1 aromatic carbocycles. The molecule has 2 unspecified atom stereocenters. The fourth-order valence-electron chi connectivity index (χ4n) is 3.29. The minimum absolute atomic E-state index is 0.107. The van der Waals surface area contributed by atoms with E-state index in [0.717, 1.165) is 51.4 Å². The Kier molecular flexibility index (Phi) is 10.7. The van der Waals surface area contributed by atoms with E-state index in [1.165, 1.54) is 0 Å². The first-order valence-electron chi connectivity index (χ1n) is 11.0. The zero-order valence-corrected chi connectivity index (χ0v) is 18.1. The van der Waals surface area contributed by atoms with Gasteiger partial charge in [-0.3, -0.25) is 4.79 Å². The van der Waals surface area contributed by atoms with Crippen molar-refractivity contribution >= 4 is 18.1 Å². The molecule has 1 aliphatic carbocycles. The summed E-state index contributed by atoms with van der Waals surface area (Å²) in [6.45, 7) is 3.94. The van der Waals surface area contributed by atoms with Crippen molar-refractivity contribution < 1.29 is 19.1 Å². The maximum atomic E-state index is 12.6. The highest BCUT2D eigenvalue weighted by Gasteiger charge is 2.18. The Labute approximate surface area is 179 Å². The third-order valence-corrected chi connectivity index (χ3v) is 5.11. The summed E-state index contributed by atoms with van der Waals surface area (Å²) >= 11 is 0. The number of carbonyl (C=O) groups is 2. The van der Waals surface area contributed by atoms with E-state index in [1.54, 1.807) is 30.5 Å². The van der Waals surface area contributed by atoms with Crippen LogP contribution in [0.3, 0.4) is 0 Å². The molecule has 0 spiro atoms. The molecule has 1 aliphatic rings. The van der Waals surface area contributed by atoms with E-state index < -0.39 is 5.97 Å². The highest BCUT2D eigenvalue weighted by molar-refractivity contribution is 5.92. The first kappa shape index (κ1) is 23.6. The molecule has 2 rings (SSSR count). The maximum absolute atomic E-state index is 12.6. The van der Waals surface area contributed by atoms with Crippen LogP contribution in [0.15, 0.2) is 41.5 Å². The molecule has 0 heterocycles. The Morgan fingerprint density at radius 3 is 2.80 bits per heavy atom. The highest BCUT2D eigenvalue weighted by Crippen LogP contribution is 2.21. The van der Waals surface area contributed by atoms with Gasteiger partial charge in [0.05, 0.1) is 0 Å². The van der Waals surface area contributed by atoms with Gasteiger partial charge in [0, 0.05) is 6.21 Å². The van der Waals surface area contributed by atoms with E-state index in [4.69, 9.17) is 9.47 Å². The first-order valence-corrected chi connectivity index (χ1v) is 11.0. The summed E-state index contributed by atoms with van der Waals surface area (Å²) < 4.78 is 11.2. The zero-order valence-electron chi connectivity index (χ0n) is 18.1. The predicted octanol–water partition coefficient (Wildman–Crippen LogP) is 5.04. The Balaban J connectivity index is 1.84. The summed E-state index contributed by atoms with van der Waals surface area (Å²) in [6.07, 6.45) is 13.9. The van der Waals surface area contributed by atoms with Crippen molar-refractivity contribution in [3.63, 3.8) is 0 Å². The van der Waals surface area contributed by atoms with Crippen LogP contribution in [0, 0.1) is 5.92 Å². The van der Waals surface area contributed by atoms with Gasteiger partial charge in [-0.1, -0.05) is 51.0 Å². The van der Waals surface area contributed by atoms with Gasteiger partial charge in [0.1, 0.15) is 17.4 Å². The van der Waals surface area contributed by atoms with Crippen molar-refractivity contribution in [1.82, 2.24) is 5.43 Å². The predicted molar refractivity (Wildman–Crippen MR) is 119 cm³/mol. The molecule has 0 saturated heterocycles. The molecule has 0 fully saturated rings. The second-order valence-corrected chi connectivity index (χ2v) is 7.57. The van der Waals surface area contributed by atoms with E-state index in [2.05, 4.69) is 29.6 Å². The summed E-state index contributed by atoms with van der Waals surface area (Å²) in [5.41, 5.74) is 2.81. The number of hydrogen-bond donors (Lipinski definition) is 1. The number of unbranched alkanes of at least 4 members (excludes halogenated alkanes) is 2. The third kappa shape index (κ3) is 8.39. The standard InChI is InChI=1S/C24H34N2O4/c1-3-5-7-14-20(4-2)30-24(28)21-15-10-11-16-22(21)29-18-23(27)26-25-17-19-12-8-6-9-13-19/h6,8,10-11,15-17,19-20H,3-5,7,9,12-14,18H2,1-2H3,(H,26,27). The number of hydrogen-bond acceptors (Lipinski definition) is 5. The molecular formula is C24H34N2O4. The summed E-state index contributed by atoms with van der Waals surface area (Å²) in [4.78, 5) is 24.7. The Bertz CT molecular complexity index is 730. The molecule has 0 aliphatic heterocycles. The van der Waals surface area contributed by atoms with E-state index in [1.807, 2.05) is 6.92 Å². The summed E-state index contributed by atoms with van der Waals surface area (Å²) in [5, 5.41) is 4.02. The lowest BCUT2D eigenvalue weighted by molar-refractivity contribution is -0.123. The average Bonchev–Trinajstić information content (AvgIpc) is 2.78. The number of ether oxygens (including phenoxy) is 2. The highest BCUT2D eigenvalue weighted by atomic mass is 16.5. The number of allylic oxidation sites excluding steroid dienone is 2. The summed E-state index contributed by atoms with van der Waals surface area (Å²) in [6, 6.07) is 6.84. The Morgan fingerprint density at radius 2 is 2.07 bits per heavy atom. The topological polar surface area (TPSA) is 77.0 Å². The smallest absolute Gasteiger partial charge is 0.342 e. The number of rotatable bonds is 12. The number of carbonyl (C=O) groups excluding carboxylic acids is 2. The number of benzene rings is 1. The monoisotopic (exact) mass is 414 g/mol. The number of esters is 1. The van der Waals surface area contributed by atoms with Gasteiger partial charge in [-0.05, 0) is 56.6 Å². The van der Waals surface area contributed by atoms with Crippen LogP contribution < -0.4 is 10.2 Å². The second-order valence-electron chi connectivity index (χ2n) is 7.57. The number of amides is 1. The van der Waals surface area contributed by atoms with E-state index >= 15 is 0 Å². The molecule has 164 valence electrons. The fraction of sp³-hybridized carbons (Fsp3) is 0.542. The molecule has 0 radical (unpaired) electrons. The number of para-hydroxylation sites is 1. The zero-order chi connectivity index (χ0) is 21.6. The largest absolute Gasteiger partial charge is 0.483 e. The van der Waals surface area contributed by atoms with Gasteiger partial charge < -0.3 is 9.47 Å². The van der Waals surface area contributed by atoms with Crippen LogP contribution in [-0.2, 0) is 9.53 Å². The molecule has 0 saturated carbocycles. The summed E-state index contributed by atoms with van der Waals surface area (Å²) in [7, 11) is 0. The van der Waals surface area contributed by atoms with E-state index in [9.17, 15) is 9.59 Å². The molecule has 6 heteroatoms. The van der Waals surface area contributed by atoms with Crippen LogP contribution >= 0.6 is 0 Å². The van der Waals surface area contributed by atoms with Gasteiger partial charge in [0.2, 0.25) is 0 Å². The van der Waals surface area contributed by atoms with Crippen LogP contribution in [0.4, 0.5) is 0 Å². The lowest BCUT2D eigenvalue weighted by Crippen LogP contribution is -2.26. The van der Waals surface area contributed by atoms with Crippen molar-refractivity contribution in [1.29, 1.82) is 0 Å². The van der Waals surface area contributed by atoms with Crippen molar-refractivity contribution in [3.05, 3.63) is 42.0 Å². The SMILES string of the molecule is CCCCCC(CC)OC(=O)c1ccccc1OCC(=O)NN=CC1CC=CCC1. The van der Waals surface area contributed by atoms with Gasteiger partial charge in [0.15, 0.2) is 6.61 Å². The number of nitrogens with zero attached hydrogens (tertiary/aromatic N) is 1. The van der Waals surface area contributed by atoms with E-state index in [-0.39, 0.29) is 18.6 Å². The minimum Gasteiger partial charge on any atom is -0.483 e. The van der Waals surface area contributed by atoms with Crippen LogP contribution in [-0.4, -0.2) is 30.8 Å². The molecule has 1 N–H and O–H groups in total. The van der Waals surface area contributed by atoms with E-state index in [0.29, 0.717) is 17.2 Å². The van der Waals surface area contributed by atoms with Gasteiger partial charge in [-0.15, -0.1) is 0 Å². The normalized spacial score (nSPS) is 16.9. The van der Waals surface area contributed by atoms with Crippen molar-refractivity contribution in [3.8, 4) is 5.75 Å². The van der Waals surface area contributed by atoms with Crippen LogP contribution in [0.1, 0.15) is 75.6 Å². The van der Waals surface area contributed by atoms with Gasteiger partial charge in [0.25, 0.3) is 5.91 Å². The number of hydrazone groups is 1. The lowest BCUT2D eigenvalue weighted by Gasteiger charge is -2.17. The molecular weight excluding hydrogens is 380 g/mol. The first-order chi connectivity index (χ1) is 14.6. The van der Waals surface area contributed by atoms with Crippen molar-refractivity contribution in [2.75, 3.05) is 6.61 Å². The lowest BCUT2D eigenvalue weighted by atomic mass is 9.96. The van der Waals surface area contributed by atoms with Gasteiger partial charge in [-0.2, -0.15) is 5.10 Å². The fourth-order valence-corrected chi connectivity index (χ4v) is 3.29. The molecule has 2 atom stereocenters. The summed E-state index contributed by atoms with van der Waals surface area (Å²) in [5.74, 6) is -0.0949. The third-order valence-electron chi connectivity index (χ3n) is 5.11. The minimum atomic E-state index is -0.419. The van der Waals surface area contributed by atoms with Crippen molar-refractivity contribution in [2.24, 2.45) is 11.0 Å². The van der Waals surface area contributed by atoms with Crippen molar-refractivity contribution in [2.45, 2.75) is 71.3 Å². The molecule has 0 aromatic heterocycles. The quantitative estimate of drug-likeness (QED) is 0.171. The van der Waals surface area contributed by atoms with Crippen LogP contribution in [0.25, 0.3) is 0 Å². The van der Waals surface area contributed by atoms with Gasteiger partial charge in [-0.25, -0.2) is 10.2 Å². The van der Waals surface area contributed by atoms with Crippen LogP contribution in [0.5, 0.6) is 5.75 Å². The molecule has 6 nitrogen and oxygen atoms in total. The number of nitrogens with one attached hydrogen (secondary N) is 1. The maximum Gasteiger partial charge on any atom is 0.342 e. The molecule has 30 heavy (non-hydrogen) atoms. The molecule has 1 aromatic rings. The molecule has 0 bridgehead atoms. The average molecular weight is 415 g/mol. The Morgan fingerprint density at radius 1 is 1.23 bits per heavy atom. The van der Waals surface area contributed by atoms with Gasteiger partial charge >= 0.3 is 5.97 Å². The van der Waals surface area contributed by atoms with Crippen LogP contribution in [0.2, 0.25) is 0 Å². The molecule has 1 amide bonds. The second kappa shape index (κ2) is 13.6. The Hall–Kier alpha value is -2.63.